The molecule has 138 valence electrons. The van der Waals surface area contributed by atoms with Crippen LogP contribution in [0.15, 0.2) is 47.7 Å². The normalized spacial score (nSPS) is 11.3. The van der Waals surface area contributed by atoms with Gasteiger partial charge >= 0.3 is 0 Å². The first-order valence-corrected chi connectivity index (χ1v) is 8.59. The maximum absolute atomic E-state index is 4.40. The Labute approximate surface area is 171 Å². The number of aromatic nitrogens is 2. The van der Waals surface area contributed by atoms with Gasteiger partial charge < -0.3 is 15.6 Å². The van der Waals surface area contributed by atoms with Crippen molar-refractivity contribution < 1.29 is 0 Å². The molecule has 0 radical (unpaired) electrons. The predicted octanol–water partition coefficient (Wildman–Crippen LogP) is 3.71. The third-order valence-electron chi connectivity index (χ3n) is 4.37. The van der Waals surface area contributed by atoms with Crippen molar-refractivity contribution >= 4 is 40.8 Å². The molecule has 3 rings (SSSR count). The van der Waals surface area contributed by atoms with Gasteiger partial charge in [-0.2, -0.15) is 0 Å². The highest BCUT2D eigenvalue weighted by molar-refractivity contribution is 14.0. The Bertz CT molecular complexity index is 885. The molecule has 0 saturated carbocycles. The summed E-state index contributed by atoms with van der Waals surface area (Å²) < 4.78 is 0. The summed E-state index contributed by atoms with van der Waals surface area (Å²) in [5, 5.41) is 7.98. The number of benzene rings is 1. The zero-order chi connectivity index (χ0) is 17.6. The van der Waals surface area contributed by atoms with E-state index in [4.69, 9.17) is 0 Å². The lowest BCUT2D eigenvalue weighted by atomic mass is 10.1. The highest BCUT2D eigenvalue weighted by Gasteiger charge is 2.05. The Balaban J connectivity index is 0.00000243. The zero-order valence-electron chi connectivity index (χ0n) is 15.5. The van der Waals surface area contributed by atoms with Crippen LogP contribution in [-0.4, -0.2) is 29.5 Å². The number of nitrogens with one attached hydrogen (secondary N) is 3. The smallest absolute Gasteiger partial charge is 0.191 e. The van der Waals surface area contributed by atoms with E-state index in [0.29, 0.717) is 6.54 Å². The summed E-state index contributed by atoms with van der Waals surface area (Å²) in [5.74, 6) is 0.792. The van der Waals surface area contributed by atoms with E-state index in [1.165, 1.54) is 27.6 Å². The van der Waals surface area contributed by atoms with Crippen molar-refractivity contribution in [2.24, 2.45) is 4.99 Å². The minimum Gasteiger partial charge on any atom is -0.361 e. The Hall–Kier alpha value is -2.09. The van der Waals surface area contributed by atoms with Crippen LogP contribution in [0, 0.1) is 13.8 Å². The number of halogens is 1. The average Bonchev–Trinajstić information content (AvgIpc) is 3.01. The van der Waals surface area contributed by atoms with E-state index in [1.807, 2.05) is 12.3 Å². The quantitative estimate of drug-likeness (QED) is 0.307. The molecule has 0 amide bonds. The van der Waals surface area contributed by atoms with Crippen LogP contribution >= 0.6 is 24.0 Å². The van der Waals surface area contributed by atoms with E-state index < -0.39 is 0 Å². The molecular weight excluding hydrogens is 437 g/mol. The molecule has 2 aromatic heterocycles. The van der Waals surface area contributed by atoms with Crippen molar-refractivity contribution in [2.45, 2.75) is 26.8 Å². The zero-order valence-corrected chi connectivity index (χ0v) is 17.8. The summed E-state index contributed by atoms with van der Waals surface area (Å²) in [6, 6.07) is 10.5. The molecule has 0 bridgehead atoms. The van der Waals surface area contributed by atoms with Crippen LogP contribution in [-0.2, 0) is 13.0 Å². The standard InChI is InChI=1S/C20H25N5.HI/c1-14-6-7-17-16(12-24-18(17)11-14)8-10-23-20(21-3)25-13-19-15(2)5-4-9-22-19;/h4-7,9,11-12,24H,8,10,13H2,1-3H3,(H2,21,23,25);1H. The molecule has 0 saturated heterocycles. The monoisotopic (exact) mass is 463 g/mol. The molecule has 0 aliphatic carbocycles. The number of H-pyrrole nitrogens is 1. The van der Waals surface area contributed by atoms with Crippen molar-refractivity contribution in [1.29, 1.82) is 0 Å². The number of hydrogen-bond donors (Lipinski definition) is 3. The first-order valence-electron chi connectivity index (χ1n) is 8.59. The summed E-state index contributed by atoms with van der Waals surface area (Å²) in [6.07, 6.45) is 4.85. The minimum atomic E-state index is 0. The topological polar surface area (TPSA) is 65.1 Å². The SMILES string of the molecule is CN=C(NCCc1c[nH]c2cc(C)ccc12)NCc1ncccc1C.I. The Morgan fingerprint density at radius 3 is 2.81 bits per heavy atom. The summed E-state index contributed by atoms with van der Waals surface area (Å²) in [5.41, 5.74) is 6.01. The van der Waals surface area contributed by atoms with Crippen LogP contribution in [0.1, 0.15) is 22.4 Å². The van der Waals surface area contributed by atoms with Gasteiger partial charge in [-0.3, -0.25) is 9.98 Å². The molecule has 6 heteroatoms. The summed E-state index contributed by atoms with van der Waals surface area (Å²) >= 11 is 0. The third-order valence-corrected chi connectivity index (χ3v) is 4.37. The fraction of sp³-hybridized carbons (Fsp3) is 0.300. The molecular formula is C20H26IN5. The molecule has 3 aromatic rings. The number of aliphatic imine (C=N–C) groups is 1. The van der Waals surface area contributed by atoms with Gasteiger partial charge in [0.1, 0.15) is 0 Å². The van der Waals surface area contributed by atoms with Gasteiger partial charge in [0.25, 0.3) is 0 Å². The van der Waals surface area contributed by atoms with Crippen molar-refractivity contribution in [3.8, 4) is 0 Å². The lowest BCUT2D eigenvalue weighted by Gasteiger charge is -2.12. The molecule has 5 nitrogen and oxygen atoms in total. The maximum Gasteiger partial charge on any atom is 0.191 e. The fourth-order valence-corrected chi connectivity index (χ4v) is 2.91. The van der Waals surface area contributed by atoms with Crippen LogP contribution in [0.3, 0.4) is 0 Å². The number of nitrogens with zero attached hydrogens (tertiary/aromatic N) is 2. The third kappa shape index (κ3) is 4.97. The molecule has 0 aliphatic heterocycles. The first kappa shape index (κ1) is 20.2. The van der Waals surface area contributed by atoms with Crippen LogP contribution in [0.4, 0.5) is 0 Å². The molecule has 0 fully saturated rings. The number of pyridine rings is 1. The van der Waals surface area contributed by atoms with Gasteiger partial charge in [0, 0.05) is 36.9 Å². The van der Waals surface area contributed by atoms with Crippen molar-refractivity contribution in [3.05, 3.63) is 65.1 Å². The van der Waals surface area contributed by atoms with E-state index in [0.717, 1.165) is 24.6 Å². The van der Waals surface area contributed by atoms with E-state index >= 15 is 0 Å². The Morgan fingerprint density at radius 1 is 1.19 bits per heavy atom. The lowest BCUT2D eigenvalue weighted by Crippen LogP contribution is -2.38. The van der Waals surface area contributed by atoms with Crippen molar-refractivity contribution in [3.63, 3.8) is 0 Å². The fourth-order valence-electron chi connectivity index (χ4n) is 2.91. The maximum atomic E-state index is 4.40. The molecule has 3 N–H and O–H groups in total. The van der Waals surface area contributed by atoms with Crippen LogP contribution in [0.2, 0.25) is 0 Å². The van der Waals surface area contributed by atoms with Crippen LogP contribution < -0.4 is 10.6 Å². The number of guanidine groups is 1. The summed E-state index contributed by atoms with van der Waals surface area (Å²) in [4.78, 5) is 12.0. The second-order valence-corrected chi connectivity index (χ2v) is 6.23. The van der Waals surface area contributed by atoms with E-state index in [2.05, 4.69) is 69.9 Å². The van der Waals surface area contributed by atoms with Gasteiger partial charge in [0.2, 0.25) is 0 Å². The van der Waals surface area contributed by atoms with Gasteiger partial charge in [0.05, 0.1) is 12.2 Å². The lowest BCUT2D eigenvalue weighted by molar-refractivity contribution is 0.781. The predicted molar refractivity (Wildman–Crippen MR) is 119 cm³/mol. The molecule has 0 spiro atoms. The molecule has 0 atom stereocenters. The molecule has 0 aliphatic rings. The van der Waals surface area contributed by atoms with Crippen molar-refractivity contribution in [1.82, 2.24) is 20.6 Å². The molecule has 2 heterocycles. The first-order chi connectivity index (χ1) is 12.2. The van der Waals surface area contributed by atoms with Gasteiger partial charge in [-0.15, -0.1) is 24.0 Å². The average molecular weight is 463 g/mol. The van der Waals surface area contributed by atoms with E-state index in [1.54, 1.807) is 7.05 Å². The van der Waals surface area contributed by atoms with Crippen LogP contribution in [0.25, 0.3) is 10.9 Å². The molecule has 1 aromatic carbocycles. The van der Waals surface area contributed by atoms with E-state index in [9.17, 15) is 0 Å². The number of fused-ring (bicyclic) bond motifs is 1. The van der Waals surface area contributed by atoms with Gasteiger partial charge in [0.15, 0.2) is 5.96 Å². The number of rotatable bonds is 5. The number of aryl methyl sites for hydroxylation is 2. The number of aromatic amines is 1. The van der Waals surface area contributed by atoms with Crippen LogP contribution in [0.5, 0.6) is 0 Å². The molecule has 26 heavy (non-hydrogen) atoms. The summed E-state index contributed by atoms with van der Waals surface area (Å²) in [6.45, 7) is 5.67. The van der Waals surface area contributed by atoms with Gasteiger partial charge in [-0.25, -0.2) is 0 Å². The highest BCUT2D eigenvalue weighted by Crippen LogP contribution is 2.19. The van der Waals surface area contributed by atoms with Crippen molar-refractivity contribution in [2.75, 3.05) is 13.6 Å². The minimum absolute atomic E-state index is 0. The Kier molecular flexibility index (Phi) is 7.44. The largest absolute Gasteiger partial charge is 0.361 e. The number of hydrogen-bond acceptors (Lipinski definition) is 2. The second-order valence-electron chi connectivity index (χ2n) is 6.23. The van der Waals surface area contributed by atoms with E-state index in [-0.39, 0.29) is 24.0 Å². The Morgan fingerprint density at radius 2 is 2.04 bits per heavy atom. The van der Waals surface area contributed by atoms with Gasteiger partial charge in [-0.05, 0) is 49.1 Å². The van der Waals surface area contributed by atoms with Gasteiger partial charge in [-0.1, -0.05) is 18.2 Å². The summed E-state index contributed by atoms with van der Waals surface area (Å²) in [7, 11) is 1.79. The second kappa shape index (κ2) is 9.56. The molecule has 0 unspecified atom stereocenters. The highest BCUT2D eigenvalue weighted by atomic mass is 127.